The van der Waals surface area contributed by atoms with E-state index in [4.69, 9.17) is 16.0 Å². The Balaban J connectivity index is 1.62. The molecule has 1 aromatic heterocycles. The van der Waals surface area contributed by atoms with Gasteiger partial charge in [-0.15, -0.1) is 0 Å². The molecule has 1 heterocycles. The monoisotopic (exact) mass is 442 g/mol. The number of carbonyl (C=O) groups is 1. The number of amides is 1. The van der Waals surface area contributed by atoms with E-state index >= 15 is 0 Å². The van der Waals surface area contributed by atoms with Gasteiger partial charge in [-0.2, -0.15) is 13.2 Å². The Bertz CT molecular complexity index is 1230. The summed E-state index contributed by atoms with van der Waals surface area (Å²) in [6.07, 6.45) is -2.98. The van der Waals surface area contributed by atoms with Crippen LogP contribution < -0.4 is 5.32 Å². The quantitative estimate of drug-likeness (QED) is 0.372. The molecule has 0 spiro atoms. The minimum atomic E-state index is -4.51. The fraction of sp³-hybridized carbons (Fsp3) is 0.0435. The highest BCUT2D eigenvalue weighted by molar-refractivity contribution is 6.30. The van der Waals surface area contributed by atoms with Crippen LogP contribution in [0.15, 0.2) is 83.4 Å². The summed E-state index contributed by atoms with van der Waals surface area (Å²) >= 11 is 5.90. The first kappa shape index (κ1) is 20.7. The number of rotatable bonds is 4. The molecule has 0 fully saturated rings. The van der Waals surface area contributed by atoms with Gasteiger partial charge in [0.2, 0.25) is 5.89 Å². The van der Waals surface area contributed by atoms with Crippen molar-refractivity contribution in [3.63, 3.8) is 0 Å². The lowest BCUT2D eigenvalue weighted by molar-refractivity contribution is -0.137. The highest BCUT2D eigenvalue weighted by Gasteiger charge is 2.30. The molecule has 3 aromatic carbocycles. The molecule has 31 heavy (non-hydrogen) atoms. The predicted octanol–water partition coefficient (Wildman–Crippen LogP) is 6.93. The number of anilines is 1. The van der Waals surface area contributed by atoms with Gasteiger partial charge in [-0.25, -0.2) is 4.98 Å². The molecule has 1 amide bonds. The average Bonchev–Trinajstić information content (AvgIpc) is 3.24. The van der Waals surface area contributed by atoms with Crippen molar-refractivity contribution in [3.8, 4) is 22.8 Å². The molecule has 0 aliphatic carbocycles. The minimum absolute atomic E-state index is 0.0314. The predicted molar refractivity (Wildman–Crippen MR) is 112 cm³/mol. The summed E-state index contributed by atoms with van der Waals surface area (Å²) in [6, 6.07) is 18.0. The van der Waals surface area contributed by atoms with Gasteiger partial charge in [-0.3, -0.25) is 4.79 Å². The SMILES string of the molecule is O=C(Nc1cccc(C(F)(F)F)c1)c1ccccc1-c1ncc(-c2ccc(Cl)cc2)o1. The zero-order valence-corrected chi connectivity index (χ0v) is 16.5. The molecule has 4 rings (SSSR count). The van der Waals surface area contributed by atoms with Gasteiger partial charge in [-0.1, -0.05) is 29.8 Å². The van der Waals surface area contributed by atoms with Crippen LogP contribution in [0.4, 0.5) is 18.9 Å². The lowest BCUT2D eigenvalue weighted by Crippen LogP contribution is -2.14. The van der Waals surface area contributed by atoms with Gasteiger partial charge in [0.15, 0.2) is 5.76 Å². The Morgan fingerprint density at radius 3 is 2.45 bits per heavy atom. The summed E-state index contributed by atoms with van der Waals surface area (Å²) in [4.78, 5) is 17.1. The lowest BCUT2D eigenvalue weighted by atomic mass is 10.1. The number of oxazole rings is 1. The first-order chi connectivity index (χ1) is 14.8. The molecule has 1 N–H and O–H groups in total. The molecule has 0 aliphatic rings. The largest absolute Gasteiger partial charge is 0.436 e. The van der Waals surface area contributed by atoms with E-state index in [1.165, 1.54) is 18.3 Å². The molecule has 0 saturated carbocycles. The number of alkyl halides is 3. The van der Waals surface area contributed by atoms with E-state index in [0.29, 0.717) is 16.3 Å². The van der Waals surface area contributed by atoms with Crippen molar-refractivity contribution >= 4 is 23.2 Å². The molecule has 4 nitrogen and oxygen atoms in total. The number of halogens is 4. The second kappa shape index (κ2) is 8.28. The molecule has 0 aliphatic heterocycles. The standard InChI is InChI=1S/C23H14ClF3N2O2/c24-16-10-8-14(9-11-16)20-13-28-22(31-20)19-7-2-1-6-18(19)21(30)29-17-5-3-4-15(12-17)23(25,26)27/h1-13H,(H,29,30). The van der Waals surface area contributed by atoms with Crippen molar-refractivity contribution in [3.05, 3.63) is 95.1 Å². The number of carbonyl (C=O) groups excluding carboxylic acids is 1. The fourth-order valence-corrected chi connectivity index (χ4v) is 3.11. The lowest BCUT2D eigenvalue weighted by Gasteiger charge is -2.11. The van der Waals surface area contributed by atoms with Crippen LogP contribution in [0.25, 0.3) is 22.8 Å². The summed E-state index contributed by atoms with van der Waals surface area (Å²) < 4.78 is 44.6. The van der Waals surface area contributed by atoms with E-state index in [-0.39, 0.29) is 17.1 Å². The van der Waals surface area contributed by atoms with Crippen LogP contribution >= 0.6 is 11.6 Å². The zero-order valence-electron chi connectivity index (χ0n) is 15.8. The van der Waals surface area contributed by atoms with E-state index in [9.17, 15) is 18.0 Å². The fourth-order valence-electron chi connectivity index (χ4n) is 2.99. The van der Waals surface area contributed by atoms with Crippen molar-refractivity contribution in [1.29, 1.82) is 0 Å². The number of hydrogen-bond donors (Lipinski definition) is 1. The number of nitrogens with zero attached hydrogens (tertiary/aromatic N) is 1. The summed E-state index contributed by atoms with van der Waals surface area (Å²) in [5.41, 5.74) is 0.563. The topological polar surface area (TPSA) is 55.1 Å². The zero-order chi connectivity index (χ0) is 22.0. The second-order valence-electron chi connectivity index (χ2n) is 6.61. The Hall–Kier alpha value is -3.58. The second-order valence-corrected chi connectivity index (χ2v) is 7.05. The van der Waals surface area contributed by atoms with E-state index < -0.39 is 17.6 Å². The molecule has 4 aromatic rings. The number of aromatic nitrogens is 1. The summed E-state index contributed by atoms with van der Waals surface area (Å²) in [5, 5.41) is 3.09. The van der Waals surface area contributed by atoms with E-state index in [1.54, 1.807) is 48.5 Å². The van der Waals surface area contributed by atoms with Crippen molar-refractivity contribution < 1.29 is 22.4 Å². The van der Waals surface area contributed by atoms with Gasteiger partial charge in [0.1, 0.15) is 0 Å². The molecule has 8 heteroatoms. The van der Waals surface area contributed by atoms with Gasteiger partial charge in [0.05, 0.1) is 17.3 Å². The maximum absolute atomic E-state index is 12.9. The minimum Gasteiger partial charge on any atom is -0.436 e. The molecule has 0 saturated heterocycles. The highest BCUT2D eigenvalue weighted by Crippen LogP contribution is 2.32. The molecule has 0 radical (unpaired) electrons. The summed E-state index contributed by atoms with van der Waals surface area (Å²) in [5.74, 6) is 0.112. The van der Waals surface area contributed by atoms with Crippen LogP contribution in [0, 0.1) is 0 Å². The van der Waals surface area contributed by atoms with Crippen molar-refractivity contribution in [1.82, 2.24) is 4.98 Å². The van der Waals surface area contributed by atoms with Crippen molar-refractivity contribution in [2.45, 2.75) is 6.18 Å². The highest BCUT2D eigenvalue weighted by atomic mass is 35.5. The van der Waals surface area contributed by atoms with Crippen LogP contribution in [-0.4, -0.2) is 10.9 Å². The summed E-state index contributed by atoms with van der Waals surface area (Å²) in [6.45, 7) is 0. The van der Waals surface area contributed by atoms with Gasteiger partial charge in [0.25, 0.3) is 5.91 Å². The third-order valence-corrected chi connectivity index (χ3v) is 4.74. The van der Waals surface area contributed by atoms with Gasteiger partial charge in [0, 0.05) is 21.8 Å². The maximum Gasteiger partial charge on any atom is 0.416 e. The third kappa shape index (κ3) is 4.62. The van der Waals surface area contributed by atoms with Crippen molar-refractivity contribution in [2.24, 2.45) is 0 Å². The van der Waals surface area contributed by atoms with E-state index in [2.05, 4.69) is 10.3 Å². The first-order valence-electron chi connectivity index (χ1n) is 9.11. The first-order valence-corrected chi connectivity index (χ1v) is 9.49. The van der Waals surface area contributed by atoms with E-state index in [1.807, 2.05) is 0 Å². The molecule has 0 bridgehead atoms. The van der Waals surface area contributed by atoms with E-state index in [0.717, 1.165) is 17.7 Å². The Labute approximate surface area is 180 Å². The molecule has 0 unspecified atom stereocenters. The third-order valence-electron chi connectivity index (χ3n) is 4.48. The Morgan fingerprint density at radius 2 is 1.71 bits per heavy atom. The number of nitrogens with one attached hydrogen (secondary N) is 1. The van der Waals surface area contributed by atoms with Crippen LogP contribution in [0.1, 0.15) is 15.9 Å². The molecular weight excluding hydrogens is 429 g/mol. The van der Waals surface area contributed by atoms with Crippen LogP contribution in [-0.2, 0) is 6.18 Å². The average molecular weight is 443 g/mol. The van der Waals surface area contributed by atoms with Gasteiger partial charge < -0.3 is 9.73 Å². The Morgan fingerprint density at radius 1 is 0.968 bits per heavy atom. The smallest absolute Gasteiger partial charge is 0.416 e. The van der Waals surface area contributed by atoms with Crippen LogP contribution in [0.3, 0.4) is 0 Å². The number of benzene rings is 3. The molecule has 0 atom stereocenters. The van der Waals surface area contributed by atoms with Gasteiger partial charge in [-0.05, 0) is 54.6 Å². The normalized spacial score (nSPS) is 11.4. The van der Waals surface area contributed by atoms with Gasteiger partial charge >= 0.3 is 6.18 Å². The van der Waals surface area contributed by atoms with Crippen molar-refractivity contribution in [2.75, 3.05) is 5.32 Å². The van der Waals surface area contributed by atoms with Crippen LogP contribution in [0.5, 0.6) is 0 Å². The number of hydrogen-bond acceptors (Lipinski definition) is 3. The molecular formula is C23H14ClF3N2O2. The maximum atomic E-state index is 12.9. The van der Waals surface area contributed by atoms with Crippen LogP contribution in [0.2, 0.25) is 5.02 Å². The molecule has 156 valence electrons. The Kier molecular flexibility index (Phi) is 5.52. The summed E-state index contributed by atoms with van der Waals surface area (Å²) in [7, 11) is 0.